The molecule has 1 aliphatic heterocycles. The highest BCUT2D eigenvalue weighted by atomic mass is 16.5. The second kappa shape index (κ2) is 9.11. The predicted octanol–water partition coefficient (Wildman–Crippen LogP) is 3.25. The number of unbranched alkanes of at least 4 members (excludes halogenated alkanes) is 1. The number of benzene rings is 1. The van der Waals surface area contributed by atoms with E-state index in [0.717, 1.165) is 18.5 Å². The van der Waals surface area contributed by atoms with Crippen LogP contribution in [0.1, 0.15) is 33.6 Å². The molecule has 0 bridgehead atoms. The third-order valence-corrected chi connectivity index (χ3v) is 3.61. The molecule has 25 heavy (non-hydrogen) atoms. The van der Waals surface area contributed by atoms with Gasteiger partial charge in [0, 0.05) is 0 Å². The van der Waals surface area contributed by atoms with Gasteiger partial charge in [-0.05, 0) is 30.5 Å². The summed E-state index contributed by atoms with van der Waals surface area (Å²) in [6.45, 7) is 6.96. The lowest BCUT2D eigenvalue weighted by atomic mass is 10.1. The molecular formula is C19H27N3O3. The number of hydrogen-bond donors (Lipinski definition) is 1. The maximum absolute atomic E-state index is 12.3. The van der Waals surface area contributed by atoms with Crippen molar-refractivity contribution in [2.45, 2.75) is 33.6 Å². The predicted molar refractivity (Wildman–Crippen MR) is 98.8 cm³/mol. The monoisotopic (exact) mass is 345 g/mol. The summed E-state index contributed by atoms with van der Waals surface area (Å²) in [5.41, 5.74) is 6.86. The lowest BCUT2D eigenvalue weighted by molar-refractivity contribution is -0.145. The van der Waals surface area contributed by atoms with E-state index in [1.165, 1.54) is 0 Å². The number of carbonyl (C=O) groups is 1. The summed E-state index contributed by atoms with van der Waals surface area (Å²) >= 11 is 0. The number of carbonyl (C=O) groups excluding carboxylic acids is 1. The first-order chi connectivity index (χ1) is 12.0. The Morgan fingerprint density at radius 3 is 2.68 bits per heavy atom. The van der Waals surface area contributed by atoms with Crippen LogP contribution in [0.25, 0.3) is 0 Å². The van der Waals surface area contributed by atoms with Crippen LogP contribution in [0.3, 0.4) is 0 Å². The first-order valence-electron chi connectivity index (χ1n) is 8.73. The van der Waals surface area contributed by atoms with E-state index in [-0.39, 0.29) is 11.8 Å². The fraction of sp³-hybridized carbons (Fsp3) is 0.474. The van der Waals surface area contributed by atoms with Crippen LogP contribution in [0.15, 0.2) is 47.4 Å². The molecule has 0 fully saturated rings. The zero-order valence-corrected chi connectivity index (χ0v) is 15.1. The van der Waals surface area contributed by atoms with Crippen LogP contribution in [0.5, 0.6) is 0 Å². The topological polar surface area (TPSA) is 77.1 Å². The minimum absolute atomic E-state index is 0.195. The third kappa shape index (κ3) is 5.24. The minimum atomic E-state index is -0.727. The Morgan fingerprint density at radius 2 is 2.04 bits per heavy atom. The largest absolute Gasteiger partial charge is 0.478 e. The van der Waals surface area contributed by atoms with Gasteiger partial charge in [-0.25, -0.2) is 0 Å². The van der Waals surface area contributed by atoms with Crippen molar-refractivity contribution in [1.29, 1.82) is 0 Å². The highest BCUT2D eigenvalue weighted by Crippen LogP contribution is 2.26. The Kier molecular flexibility index (Phi) is 6.86. The fourth-order valence-electron chi connectivity index (χ4n) is 2.24. The van der Waals surface area contributed by atoms with Crippen LogP contribution in [0.4, 0.5) is 5.69 Å². The molecule has 0 saturated heterocycles. The van der Waals surface area contributed by atoms with Gasteiger partial charge in [-0.3, -0.25) is 4.79 Å². The van der Waals surface area contributed by atoms with Gasteiger partial charge in [0.1, 0.15) is 11.8 Å². The fourth-order valence-corrected chi connectivity index (χ4v) is 2.24. The van der Waals surface area contributed by atoms with Crippen LogP contribution in [-0.4, -0.2) is 25.0 Å². The van der Waals surface area contributed by atoms with Crippen LogP contribution in [0, 0.1) is 11.8 Å². The molecule has 136 valence electrons. The molecular weight excluding hydrogens is 318 g/mol. The molecule has 0 saturated carbocycles. The van der Waals surface area contributed by atoms with Crippen molar-refractivity contribution >= 4 is 17.5 Å². The number of hydrogen-bond acceptors (Lipinski definition) is 6. The minimum Gasteiger partial charge on any atom is -0.478 e. The Balaban J connectivity index is 2.21. The van der Waals surface area contributed by atoms with Gasteiger partial charge in [0.2, 0.25) is 5.88 Å². The summed E-state index contributed by atoms with van der Waals surface area (Å²) in [7, 11) is 0. The van der Waals surface area contributed by atoms with E-state index in [1.54, 1.807) is 11.1 Å². The second-order valence-corrected chi connectivity index (χ2v) is 6.38. The smallest absolute Gasteiger partial charge is 0.320 e. The zero-order chi connectivity index (χ0) is 18.2. The van der Waals surface area contributed by atoms with E-state index in [2.05, 4.69) is 12.0 Å². The summed E-state index contributed by atoms with van der Waals surface area (Å²) in [5, 5.41) is 6.00. The normalized spacial score (nSPS) is 17.1. The lowest BCUT2D eigenvalue weighted by Crippen LogP contribution is -2.38. The van der Waals surface area contributed by atoms with Gasteiger partial charge in [0.25, 0.3) is 0 Å². The van der Waals surface area contributed by atoms with E-state index in [1.807, 2.05) is 44.2 Å². The van der Waals surface area contributed by atoms with Crippen LogP contribution < -0.4 is 10.7 Å². The van der Waals surface area contributed by atoms with E-state index in [9.17, 15) is 4.79 Å². The lowest BCUT2D eigenvalue weighted by Gasteiger charge is -2.28. The summed E-state index contributed by atoms with van der Waals surface area (Å²) in [5.74, 6) is -0.175. The molecule has 2 rings (SSSR count). The summed E-state index contributed by atoms with van der Waals surface area (Å²) in [6.07, 6.45) is 3.62. The number of nitrogens with two attached hydrogens (primary N) is 1. The van der Waals surface area contributed by atoms with E-state index in [4.69, 9.17) is 15.2 Å². The molecule has 1 aliphatic rings. The van der Waals surface area contributed by atoms with Crippen LogP contribution >= 0.6 is 0 Å². The van der Waals surface area contributed by atoms with Crippen molar-refractivity contribution in [3.8, 4) is 0 Å². The molecule has 1 heterocycles. The highest BCUT2D eigenvalue weighted by Gasteiger charge is 2.30. The van der Waals surface area contributed by atoms with Crippen molar-refractivity contribution in [3.05, 3.63) is 42.3 Å². The Morgan fingerprint density at radius 1 is 1.32 bits per heavy atom. The zero-order valence-electron chi connectivity index (χ0n) is 15.1. The molecule has 6 nitrogen and oxygen atoms in total. The molecule has 6 heteroatoms. The number of ether oxygens (including phenoxy) is 2. The van der Waals surface area contributed by atoms with Gasteiger partial charge in [-0.2, -0.15) is 10.1 Å². The molecule has 1 unspecified atom stereocenters. The molecule has 1 aromatic rings. The number of anilines is 1. The van der Waals surface area contributed by atoms with Crippen LogP contribution in [0.2, 0.25) is 0 Å². The molecule has 1 atom stereocenters. The van der Waals surface area contributed by atoms with Gasteiger partial charge in [0.05, 0.1) is 18.9 Å². The average molecular weight is 345 g/mol. The van der Waals surface area contributed by atoms with Crippen molar-refractivity contribution in [2.24, 2.45) is 22.7 Å². The maximum Gasteiger partial charge on any atom is 0.320 e. The number of amidine groups is 1. The highest BCUT2D eigenvalue weighted by molar-refractivity contribution is 6.03. The quantitative estimate of drug-likeness (QED) is 0.578. The Labute approximate surface area is 149 Å². The summed E-state index contributed by atoms with van der Waals surface area (Å²) < 4.78 is 11.2. The van der Waals surface area contributed by atoms with Crippen molar-refractivity contribution in [2.75, 3.05) is 18.2 Å². The Bertz CT molecular complexity index is 626. The van der Waals surface area contributed by atoms with Gasteiger partial charge in [-0.15, -0.1) is 0 Å². The molecule has 0 radical (unpaired) electrons. The van der Waals surface area contributed by atoms with Gasteiger partial charge in [-0.1, -0.05) is 45.4 Å². The van der Waals surface area contributed by atoms with Crippen molar-refractivity contribution < 1.29 is 14.3 Å². The molecule has 0 aliphatic carbocycles. The van der Waals surface area contributed by atoms with Crippen molar-refractivity contribution in [1.82, 2.24) is 0 Å². The molecule has 1 aromatic carbocycles. The molecule has 0 amide bonds. The standard InChI is InChI=1S/C19H27N3O3/c1-4-5-11-24-17-12-16(19(23)25-13-14(2)3)18(20)21-22(17)15-9-7-6-8-10-15/h6-10,12,14,16H,4-5,11,13H2,1-3H3,(H2,20,21). The summed E-state index contributed by atoms with van der Waals surface area (Å²) in [4.78, 5) is 12.3. The SMILES string of the molecule is CCCCOC1=CC(C(=O)OCC(C)C)C(N)=NN1c1ccccc1. The van der Waals surface area contributed by atoms with E-state index < -0.39 is 11.9 Å². The average Bonchev–Trinajstić information content (AvgIpc) is 2.61. The molecule has 2 N–H and O–H groups in total. The summed E-state index contributed by atoms with van der Waals surface area (Å²) in [6, 6.07) is 9.56. The van der Waals surface area contributed by atoms with E-state index >= 15 is 0 Å². The Hall–Kier alpha value is -2.50. The molecule has 0 aromatic heterocycles. The maximum atomic E-state index is 12.3. The first kappa shape index (κ1) is 18.8. The second-order valence-electron chi connectivity index (χ2n) is 6.38. The van der Waals surface area contributed by atoms with Crippen molar-refractivity contribution in [3.63, 3.8) is 0 Å². The van der Waals surface area contributed by atoms with Gasteiger partial charge in [0.15, 0.2) is 0 Å². The number of esters is 1. The number of para-hydroxylation sites is 1. The van der Waals surface area contributed by atoms with Gasteiger partial charge < -0.3 is 15.2 Å². The van der Waals surface area contributed by atoms with Gasteiger partial charge >= 0.3 is 5.97 Å². The number of hydrazone groups is 1. The first-order valence-corrected chi connectivity index (χ1v) is 8.73. The molecule has 0 spiro atoms. The number of nitrogens with zero attached hydrogens (tertiary/aromatic N) is 2. The van der Waals surface area contributed by atoms with E-state index in [0.29, 0.717) is 19.1 Å². The third-order valence-electron chi connectivity index (χ3n) is 3.61. The van der Waals surface area contributed by atoms with Crippen LogP contribution in [-0.2, 0) is 14.3 Å². The number of rotatable bonds is 8.